The van der Waals surface area contributed by atoms with E-state index in [1.165, 1.54) is 20.3 Å². The van der Waals surface area contributed by atoms with Crippen molar-refractivity contribution in [2.75, 3.05) is 14.2 Å². The molecular formula is C40H51B3BrO10. The van der Waals surface area contributed by atoms with E-state index in [1.807, 2.05) is 72.8 Å². The van der Waals surface area contributed by atoms with Crippen molar-refractivity contribution in [3.05, 3.63) is 113 Å². The van der Waals surface area contributed by atoms with Gasteiger partial charge in [-0.2, -0.15) is 0 Å². The SMILES string of the molecule is CC(C)(O)C(C)(C)O.COC(=O)c1cc(B(O)O)ccc1-c1ccccc1.COC(=O)c1cc(Br)ccc1-c1ccccc1.[B][B]OC(C)(C)C(C)(C)O. The first-order valence-electron chi connectivity index (χ1n) is 16.9. The van der Waals surface area contributed by atoms with Crippen molar-refractivity contribution in [3.8, 4) is 22.3 Å². The summed E-state index contributed by atoms with van der Waals surface area (Å²) < 4.78 is 15.4. The third-order valence-electron chi connectivity index (χ3n) is 8.64. The van der Waals surface area contributed by atoms with Crippen LogP contribution in [0.5, 0.6) is 0 Å². The average molecular weight is 804 g/mol. The molecule has 0 amide bonds. The van der Waals surface area contributed by atoms with Crippen LogP contribution in [0.2, 0.25) is 0 Å². The zero-order chi connectivity index (χ0) is 41.5. The van der Waals surface area contributed by atoms with Gasteiger partial charge in [0.15, 0.2) is 0 Å². The molecular weight excluding hydrogens is 753 g/mol. The molecule has 0 unspecified atom stereocenters. The maximum atomic E-state index is 11.8. The quantitative estimate of drug-likeness (QED) is 0.108. The lowest BCUT2D eigenvalue weighted by Crippen LogP contribution is -2.48. The van der Waals surface area contributed by atoms with Crippen LogP contribution in [0.25, 0.3) is 22.3 Å². The zero-order valence-corrected chi connectivity index (χ0v) is 34.2. The summed E-state index contributed by atoms with van der Waals surface area (Å²) >= 11 is 3.36. The molecule has 10 nitrogen and oxygen atoms in total. The molecule has 3 radical (unpaired) electrons. The first-order chi connectivity index (χ1) is 24.9. The number of ether oxygens (including phenoxy) is 2. The van der Waals surface area contributed by atoms with E-state index in [-0.39, 0.29) is 11.4 Å². The van der Waals surface area contributed by atoms with E-state index < -0.39 is 35.5 Å². The molecule has 0 bridgehead atoms. The molecule has 4 aromatic carbocycles. The van der Waals surface area contributed by atoms with E-state index in [2.05, 4.69) is 15.9 Å². The molecule has 0 saturated heterocycles. The highest BCUT2D eigenvalue weighted by Gasteiger charge is 2.34. The Labute approximate surface area is 330 Å². The lowest BCUT2D eigenvalue weighted by atomic mass is 9.70. The molecule has 0 heterocycles. The Bertz CT molecular complexity index is 1740. The van der Waals surface area contributed by atoms with Gasteiger partial charge in [-0.3, -0.25) is 0 Å². The van der Waals surface area contributed by atoms with Crippen LogP contribution in [0.4, 0.5) is 0 Å². The topological polar surface area (TPSA) is 163 Å². The van der Waals surface area contributed by atoms with Crippen molar-refractivity contribution in [2.24, 2.45) is 0 Å². The normalized spacial score (nSPS) is 11.3. The van der Waals surface area contributed by atoms with Crippen molar-refractivity contribution in [2.45, 2.75) is 77.8 Å². The van der Waals surface area contributed by atoms with Crippen LogP contribution < -0.4 is 5.46 Å². The van der Waals surface area contributed by atoms with Crippen molar-refractivity contribution >= 4 is 55.6 Å². The van der Waals surface area contributed by atoms with Crippen molar-refractivity contribution < 1.29 is 49.1 Å². The van der Waals surface area contributed by atoms with Crippen molar-refractivity contribution in [3.63, 3.8) is 0 Å². The van der Waals surface area contributed by atoms with Gasteiger partial charge in [0, 0.05) is 4.47 Å². The van der Waals surface area contributed by atoms with Gasteiger partial charge in [-0.15, -0.1) is 0 Å². The Morgan fingerprint density at radius 3 is 1.33 bits per heavy atom. The van der Waals surface area contributed by atoms with E-state index in [0.29, 0.717) is 16.7 Å². The lowest BCUT2D eigenvalue weighted by molar-refractivity contribution is -0.107. The Kier molecular flexibility index (Phi) is 19.1. The molecule has 4 rings (SSSR count). The second kappa shape index (κ2) is 21.4. The maximum absolute atomic E-state index is 11.8. The minimum atomic E-state index is -1.62. The van der Waals surface area contributed by atoms with Gasteiger partial charge < -0.3 is 39.5 Å². The molecule has 0 aliphatic heterocycles. The molecule has 0 fully saturated rings. The van der Waals surface area contributed by atoms with Crippen LogP contribution in [0.3, 0.4) is 0 Å². The fraction of sp³-hybridized carbons (Fsp3) is 0.350. The monoisotopic (exact) mass is 803 g/mol. The highest BCUT2D eigenvalue weighted by Crippen LogP contribution is 2.28. The predicted molar refractivity (Wildman–Crippen MR) is 220 cm³/mol. The number of hydrogen-bond donors (Lipinski definition) is 5. The number of aliphatic hydroxyl groups is 3. The van der Waals surface area contributed by atoms with E-state index in [9.17, 15) is 14.7 Å². The molecule has 0 atom stereocenters. The number of carbonyl (C=O) groups is 2. The number of rotatable bonds is 9. The summed E-state index contributed by atoms with van der Waals surface area (Å²) in [6, 6.07) is 29.4. The van der Waals surface area contributed by atoms with Gasteiger partial charge in [0.1, 0.15) is 0 Å². The highest BCUT2D eigenvalue weighted by atomic mass is 79.9. The highest BCUT2D eigenvalue weighted by molar-refractivity contribution is 9.10. The maximum Gasteiger partial charge on any atom is 0.488 e. The van der Waals surface area contributed by atoms with Gasteiger partial charge in [0.2, 0.25) is 7.37 Å². The van der Waals surface area contributed by atoms with E-state index >= 15 is 0 Å². The fourth-order valence-electron chi connectivity index (χ4n) is 3.85. The van der Waals surface area contributed by atoms with Crippen molar-refractivity contribution in [1.82, 2.24) is 0 Å². The molecule has 54 heavy (non-hydrogen) atoms. The Balaban J connectivity index is 0.000000382. The Morgan fingerprint density at radius 2 is 1.02 bits per heavy atom. The van der Waals surface area contributed by atoms with Gasteiger partial charge in [-0.1, -0.05) is 94.8 Å². The Morgan fingerprint density at radius 1 is 0.630 bits per heavy atom. The molecule has 0 saturated carbocycles. The van der Waals surface area contributed by atoms with Crippen LogP contribution in [-0.4, -0.2) is 96.2 Å². The third-order valence-corrected chi connectivity index (χ3v) is 9.13. The number of carbonyl (C=O) groups excluding carboxylic acids is 2. The van der Waals surface area contributed by atoms with E-state index in [4.69, 9.17) is 42.1 Å². The van der Waals surface area contributed by atoms with Crippen LogP contribution in [0.15, 0.2) is 102 Å². The van der Waals surface area contributed by atoms with Gasteiger partial charge >= 0.3 is 19.1 Å². The minimum absolute atomic E-state index is 0.250. The molecule has 0 aromatic heterocycles. The predicted octanol–water partition coefficient (Wildman–Crippen LogP) is 5.51. The largest absolute Gasteiger partial charge is 0.488 e. The summed E-state index contributed by atoms with van der Waals surface area (Å²) in [7, 11) is 7.21. The van der Waals surface area contributed by atoms with Crippen LogP contribution >= 0.6 is 15.9 Å². The summed E-state index contributed by atoms with van der Waals surface area (Å²) in [6.45, 7) is 13.2. The van der Waals surface area contributed by atoms with Gasteiger partial charge in [-0.25, -0.2) is 9.59 Å². The van der Waals surface area contributed by atoms with E-state index in [0.717, 1.165) is 28.5 Å². The zero-order valence-electron chi connectivity index (χ0n) is 32.6. The van der Waals surface area contributed by atoms with Crippen LogP contribution in [-0.2, 0) is 14.1 Å². The summed E-state index contributed by atoms with van der Waals surface area (Å²) in [5.41, 5.74) is 1.01. The molecule has 0 aliphatic rings. The first-order valence-corrected chi connectivity index (χ1v) is 17.7. The summed E-state index contributed by atoms with van der Waals surface area (Å²) in [4.78, 5) is 23.5. The number of hydrogen-bond acceptors (Lipinski definition) is 10. The number of esters is 2. The van der Waals surface area contributed by atoms with Gasteiger partial charge in [-0.05, 0) is 101 Å². The molecule has 287 valence electrons. The number of methoxy groups -OCH3 is 2. The standard InChI is InChI=1S/C14H13BO4.C14H11BrO2.C6H13B2O2.C6H14O2/c1-19-14(16)13-9-11(15(17)18)7-8-12(13)10-5-3-2-4-6-10;1-17-14(16)13-9-11(15)7-8-12(13)10-5-3-2-4-6-10;1-5(2,9)6(3,4)10-8-7;1-5(2,7)6(3,4)8/h2-9,17-18H,1H3;2-9H,1H3;9H,1-4H3;7-8H,1-4H3. The molecule has 14 heteroatoms. The van der Waals surface area contributed by atoms with Gasteiger partial charge in [0.25, 0.3) is 0 Å². The third kappa shape index (κ3) is 15.2. The fourth-order valence-corrected chi connectivity index (χ4v) is 4.21. The molecule has 5 N–H and O–H groups in total. The van der Waals surface area contributed by atoms with Crippen molar-refractivity contribution in [1.29, 1.82) is 0 Å². The Hall–Kier alpha value is -3.75. The number of benzene rings is 4. The summed E-state index contributed by atoms with van der Waals surface area (Å²) in [6.07, 6.45) is 0. The molecule has 0 aliphatic carbocycles. The molecule has 0 spiro atoms. The number of halogens is 1. The molecule has 4 aromatic rings. The summed E-state index contributed by atoms with van der Waals surface area (Å²) in [5, 5.41) is 46.0. The second-order valence-electron chi connectivity index (χ2n) is 14.0. The van der Waals surface area contributed by atoms with Crippen LogP contribution in [0, 0.1) is 0 Å². The average Bonchev–Trinajstić information content (AvgIpc) is 3.11. The second-order valence-corrected chi connectivity index (χ2v) is 14.9. The minimum Gasteiger partial charge on any atom is -0.465 e. The smallest absolute Gasteiger partial charge is 0.465 e. The van der Waals surface area contributed by atoms with Crippen LogP contribution in [0.1, 0.15) is 76.1 Å². The lowest BCUT2D eigenvalue weighted by Gasteiger charge is -2.37. The summed E-state index contributed by atoms with van der Waals surface area (Å²) in [5.74, 6) is -0.841. The van der Waals surface area contributed by atoms with Gasteiger partial charge in [0.05, 0.1) is 55.5 Å². The first kappa shape index (κ1) is 48.3. The van der Waals surface area contributed by atoms with E-state index in [1.54, 1.807) is 73.6 Å².